The van der Waals surface area contributed by atoms with Gasteiger partial charge in [-0.2, -0.15) is 0 Å². The Balaban J connectivity index is 1.53. The summed E-state index contributed by atoms with van der Waals surface area (Å²) < 4.78 is 0. The lowest BCUT2D eigenvalue weighted by Crippen LogP contribution is -2.50. The maximum Gasteiger partial charge on any atom is 0.270 e. The number of non-ortho nitro benzene ring substituents is 1. The molecule has 1 aliphatic heterocycles. The van der Waals surface area contributed by atoms with Crippen molar-refractivity contribution < 1.29 is 9.72 Å². The zero-order chi connectivity index (χ0) is 19.7. The molecule has 0 radical (unpaired) electrons. The lowest BCUT2D eigenvalue weighted by molar-refractivity contribution is -0.384. The van der Waals surface area contributed by atoms with Gasteiger partial charge in [0.05, 0.1) is 4.92 Å². The van der Waals surface area contributed by atoms with Gasteiger partial charge in [-0.1, -0.05) is 6.07 Å². The average Bonchev–Trinajstić information content (AvgIpc) is 2.59. The first-order valence-corrected chi connectivity index (χ1v) is 10.6. The standard InChI is InChI=1S/C23H28N2O3/c1-22(2)13-17-3-4-18(25(27)28)8-19(17)20(24-22)9-21(26)23-10-14-5-15(11-23)7-16(6-14)12-23/h3-4,8-9,14-16,24H,5-7,10-13H2,1-2H3/b20-9+. The molecule has 0 amide bonds. The van der Waals surface area contributed by atoms with Crippen LogP contribution >= 0.6 is 0 Å². The largest absolute Gasteiger partial charge is 0.379 e. The third-order valence-corrected chi connectivity index (χ3v) is 7.54. The summed E-state index contributed by atoms with van der Waals surface area (Å²) in [5.74, 6) is 2.40. The Labute approximate surface area is 165 Å². The van der Waals surface area contributed by atoms with Gasteiger partial charge < -0.3 is 5.32 Å². The van der Waals surface area contributed by atoms with Crippen LogP contribution in [-0.2, 0) is 11.2 Å². The molecule has 5 nitrogen and oxygen atoms in total. The first-order valence-electron chi connectivity index (χ1n) is 10.6. The van der Waals surface area contributed by atoms with E-state index in [0.717, 1.165) is 60.3 Å². The van der Waals surface area contributed by atoms with Gasteiger partial charge in [0.25, 0.3) is 5.69 Å². The van der Waals surface area contributed by atoms with Gasteiger partial charge in [0.2, 0.25) is 0 Å². The number of nitrogens with zero attached hydrogens (tertiary/aromatic N) is 1. The van der Waals surface area contributed by atoms with Crippen molar-refractivity contribution in [2.45, 2.75) is 64.3 Å². The van der Waals surface area contributed by atoms with Crippen molar-refractivity contribution in [3.05, 3.63) is 45.5 Å². The molecular weight excluding hydrogens is 352 g/mol. The van der Waals surface area contributed by atoms with Crippen molar-refractivity contribution in [3.8, 4) is 0 Å². The average molecular weight is 380 g/mol. The molecule has 0 spiro atoms. The molecule has 1 N–H and O–H groups in total. The van der Waals surface area contributed by atoms with Crippen LogP contribution < -0.4 is 5.32 Å². The molecule has 0 aromatic heterocycles. The van der Waals surface area contributed by atoms with E-state index >= 15 is 0 Å². The van der Waals surface area contributed by atoms with Crippen molar-refractivity contribution >= 4 is 17.2 Å². The molecule has 1 aromatic carbocycles. The van der Waals surface area contributed by atoms with Crippen molar-refractivity contribution in [2.75, 3.05) is 0 Å². The number of nitro benzene ring substituents is 1. The highest BCUT2D eigenvalue weighted by Crippen LogP contribution is 2.60. The fourth-order valence-electron chi connectivity index (χ4n) is 6.85. The van der Waals surface area contributed by atoms with Crippen LogP contribution in [-0.4, -0.2) is 16.2 Å². The van der Waals surface area contributed by atoms with E-state index in [9.17, 15) is 14.9 Å². The maximum absolute atomic E-state index is 13.6. The van der Waals surface area contributed by atoms with E-state index in [-0.39, 0.29) is 27.3 Å². The fraction of sp³-hybridized carbons (Fsp3) is 0.609. The number of carbonyl (C=O) groups is 1. The summed E-state index contributed by atoms with van der Waals surface area (Å²) in [5.41, 5.74) is 2.34. The predicted octanol–water partition coefficient (Wildman–Crippen LogP) is 4.65. The molecule has 4 aliphatic carbocycles. The third-order valence-electron chi connectivity index (χ3n) is 7.54. The molecule has 4 bridgehead atoms. The minimum absolute atomic E-state index is 0.0772. The summed E-state index contributed by atoms with van der Waals surface area (Å²) >= 11 is 0. The van der Waals surface area contributed by atoms with E-state index < -0.39 is 0 Å². The van der Waals surface area contributed by atoms with E-state index in [1.807, 2.05) is 6.07 Å². The second-order valence-electron chi connectivity index (χ2n) is 10.4. The van der Waals surface area contributed by atoms with Crippen LogP contribution in [0.15, 0.2) is 24.3 Å². The third kappa shape index (κ3) is 2.87. The Morgan fingerprint density at radius 2 is 1.75 bits per heavy atom. The Hall–Kier alpha value is -2.17. The number of allylic oxidation sites excluding steroid dienone is 1. The van der Waals surface area contributed by atoms with Gasteiger partial charge in [0.15, 0.2) is 5.78 Å². The summed E-state index contributed by atoms with van der Waals surface area (Å²) in [6, 6.07) is 5.04. The molecular formula is C23H28N2O3. The highest BCUT2D eigenvalue weighted by Gasteiger charge is 2.54. The predicted molar refractivity (Wildman–Crippen MR) is 108 cm³/mol. The van der Waals surface area contributed by atoms with Crippen LogP contribution in [0.4, 0.5) is 5.69 Å². The summed E-state index contributed by atoms with van der Waals surface area (Å²) in [5, 5.41) is 14.8. The van der Waals surface area contributed by atoms with Crippen LogP contribution in [0.1, 0.15) is 63.5 Å². The Morgan fingerprint density at radius 3 is 2.32 bits per heavy atom. The summed E-state index contributed by atoms with van der Waals surface area (Å²) in [6.45, 7) is 4.22. The van der Waals surface area contributed by atoms with Gasteiger partial charge in [-0.05, 0) is 82.1 Å². The number of rotatable bonds is 3. The Bertz CT molecular complexity index is 864. The van der Waals surface area contributed by atoms with E-state index in [0.29, 0.717) is 0 Å². The molecule has 4 fully saturated rings. The van der Waals surface area contributed by atoms with Gasteiger partial charge in [-0.25, -0.2) is 0 Å². The highest BCUT2D eigenvalue weighted by atomic mass is 16.6. The number of benzene rings is 1. The lowest BCUT2D eigenvalue weighted by Gasteiger charge is -2.55. The molecule has 5 heteroatoms. The quantitative estimate of drug-likeness (QED) is 0.471. The summed E-state index contributed by atoms with van der Waals surface area (Å²) in [7, 11) is 0. The normalized spacial score (nSPS) is 36.1. The smallest absolute Gasteiger partial charge is 0.270 e. The Morgan fingerprint density at radius 1 is 1.14 bits per heavy atom. The minimum Gasteiger partial charge on any atom is -0.379 e. The van der Waals surface area contributed by atoms with Crippen LogP contribution in [0.2, 0.25) is 0 Å². The van der Waals surface area contributed by atoms with Gasteiger partial charge in [0.1, 0.15) is 0 Å². The number of carbonyl (C=O) groups excluding carboxylic acids is 1. The van der Waals surface area contributed by atoms with Crippen molar-refractivity contribution in [2.24, 2.45) is 23.2 Å². The molecule has 0 atom stereocenters. The van der Waals surface area contributed by atoms with Crippen molar-refractivity contribution in [1.82, 2.24) is 5.32 Å². The number of ketones is 1. The van der Waals surface area contributed by atoms with Crippen LogP contribution in [0.5, 0.6) is 0 Å². The first kappa shape index (κ1) is 17.9. The van der Waals surface area contributed by atoms with Gasteiger partial charge in [-0.3, -0.25) is 14.9 Å². The number of fused-ring (bicyclic) bond motifs is 1. The second kappa shape index (κ2) is 5.91. The van der Waals surface area contributed by atoms with Gasteiger partial charge in [-0.15, -0.1) is 0 Å². The van der Waals surface area contributed by atoms with Crippen molar-refractivity contribution in [1.29, 1.82) is 0 Å². The lowest BCUT2D eigenvalue weighted by atomic mass is 9.48. The number of hydrogen-bond acceptors (Lipinski definition) is 4. The molecule has 1 aromatic rings. The van der Waals surface area contributed by atoms with E-state index in [1.54, 1.807) is 18.2 Å². The minimum atomic E-state index is -0.363. The maximum atomic E-state index is 13.6. The molecule has 0 saturated heterocycles. The number of hydrogen-bond donors (Lipinski definition) is 1. The van der Waals surface area contributed by atoms with E-state index in [2.05, 4.69) is 19.2 Å². The fourth-order valence-corrected chi connectivity index (χ4v) is 6.85. The molecule has 0 unspecified atom stereocenters. The van der Waals surface area contributed by atoms with Crippen LogP contribution in [0, 0.1) is 33.3 Å². The molecule has 1 heterocycles. The summed E-state index contributed by atoms with van der Waals surface area (Å²) in [4.78, 5) is 24.5. The van der Waals surface area contributed by atoms with Crippen molar-refractivity contribution in [3.63, 3.8) is 0 Å². The highest BCUT2D eigenvalue weighted by molar-refractivity contribution is 6.01. The van der Waals surface area contributed by atoms with Gasteiger partial charge >= 0.3 is 0 Å². The molecule has 5 aliphatic rings. The molecule has 4 saturated carbocycles. The molecule has 6 rings (SSSR count). The number of nitrogens with one attached hydrogen (secondary N) is 1. The molecule has 148 valence electrons. The van der Waals surface area contributed by atoms with Crippen LogP contribution in [0.25, 0.3) is 5.70 Å². The topological polar surface area (TPSA) is 72.2 Å². The monoisotopic (exact) mass is 380 g/mol. The Kier molecular flexibility index (Phi) is 3.78. The zero-order valence-electron chi connectivity index (χ0n) is 16.7. The SMILES string of the molecule is CC1(C)Cc2ccc([N+](=O)[O-])cc2/C(=C\C(=O)C23CC4CC(CC(C4)C2)C3)N1. The number of nitro groups is 1. The molecule has 28 heavy (non-hydrogen) atoms. The second-order valence-corrected chi connectivity index (χ2v) is 10.4. The zero-order valence-corrected chi connectivity index (χ0v) is 16.7. The van der Waals surface area contributed by atoms with Gasteiger partial charge in [0, 0.05) is 40.4 Å². The first-order chi connectivity index (χ1) is 13.2. The summed E-state index contributed by atoms with van der Waals surface area (Å²) in [6.07, 6.45) is 9.60. The van der Waals surface area contributed by atoms with E-state index in [4.69, 9.17) is 0 Å². The van der Waals surface area contributed by atoms with E-state index in [1.165, 1.54) is 19.3 Å². The van der Waals surface area contributed by atoms with Crippen LogP contribution in [0.3, 0.4) is 0 Å².